The van der Waals surface area contributed by atoms with Crippen molar-refractivity contribution in [1.82, 2.24) is 9.97 Å². The summed E-state index contributed by atoms with van der Waals surface area (Å²) >= 11 is 14.6. The molecule has 0 unspecified atom stereocenters. The molecule has 0 saturated heterocycles. The molecule has 98 valence electrons. The molecule has 0 fully saturated rings. The number of aromatic nitrogens is 2. The average Bonchev–Trinajstić information content (AvgIpc) is 2.33. The SMILES string of the molecule is Cc1ccnc(NC(=S)Nc2ccc(Br)cc2Cl)n1. The Labute approximate surface area is 129 Å². The van der Waals surface area contributed by atoms with Crippen molar-refractivity contribution in [2.24, 2.45) is 0 Å². The minimum atomic E-state index is 0.384. The van der Waals surface area contributed by atoms with Crippen molar-refractivity contribution in [3.05, 3.63) is 45.7 Å². The number of halogens is 2. The van der Waals surface area contributed by atoms with Crippen LogP contribution in [0.4, 0.5) is 11.6 Å². The van der Waals surface area contributed by atoms with Gasteiger partial charge in [-0.1, -0.05) is 27.5 Å². The Bertz CT molecular complexity index is 620. The average molecular weight is 358 g/mol. The lowest BCUT2D eigenvalue weighted by Gasteiger charge is -2.11. The summed E-state index contributed by atoms with van der Waals surface area (Å²) in [6.07, 6.45) is 1.67. The van der Waals surface area contributed by atoms with E-state index < -0.39 is 0 Å². The summed E-state index contributed by atoms with van der Waals surface area (Å²) < 4.78 is 0.906. The van der Waals surface area contributed by atoms with E-state index in [-0.39, 0.29) is 0 Å². The van der Waals surface area contributed by atoms with Gasteiger partial charge in [0, 0.05) is 16.4 Å². The van der Waals surface area contributed by atoms with E-state index in [1.165, 1.54) is 0 Å². The van der Waals surface area contributed by atoms with Crippen LogP contribution >= 0.6 is 39.7 Å². The molecule has 0 saturated carbocycles. The zero-order valence-electron chi connectivity index (χ0n) is 9.95. The molecule has 0 aliphatic rings. The van der Waals surface area contributed by atoms with Crippen LogP contribution < -0.4 is 10.6 Å². The summed E-state index contributed by atoms with van der Waals surface area (Å²) in [5.41, 5.74) is 1.58. The summed E-state index contributed by atoms with van der Waals surface area (Å²) in [4.78, 5) is 8.27. The molecule has 0 aliphatic heterocycles. The van der Waals surface area contributed by atoms with Crippen molar-refractivity contribution in [1.29, 1.82) is 0 Å². The quantitative estimate of drug-likeness (QED) is 0.795. The first-order valence-electron chi connectivity index (χ1n) is 5.37. The highest BCUT2D eigenvalue weighted by Gasteiger charge is 2.05. The third-order valence-electron chi connectivity index (χ3n) is 2.20. The van der Waals surface area contributed by atoms with E-state index in [1.54, 1.807) is 12.3 Å². The number of nitrogens with zero attached hydrogens (tertiary/aromatic N) is 2. The zero-order chi connectivity index (χ0) is 13.8. The maximum atomic E-state index is 6.09. The molecule has 0 amide bonds. The normalized spacial score (nSPS) is 10.1. The zero-order valence-corrected chi connectivity index (χ0v) is 13.1. The molecule has 0 radical (unpaired) electrons. The third-order valence-corrected chi connectivity index (χ3v) is 3.21. The number of benzene rings is 1. The number of rotatable bonds is 2. The van der Waals surface area contributed by atoms with E-state index >= 15 is 0 Å². The second-order valence-corrected chi connectivity index (χ2v) is 5.46. The standard InChI is InChI=1S/C12H10BrClN4S/c1-7-4-5-15-11(16-7)18-12(19)17-10-3-2-8(13)6-9(10)14/h2-6H,1H3,(H2,15,16,17,18,19). The van der Waals surface area contributed by atoms with Gasteiger partial charge in [-0.3, -0.25) is 0 Å². The van der Waals surface area contributed by atoms with Crippen LogP contribution in [0.15, 0.2) is 34.9 Å². The molecule has 2 N–H and O–H groups in total. The van der Waals surface area contributed by atoms with E-state index in [0.29, 0.717) is 16.1 Å². The van der Waals surface area contributed by atoms with Crippen LogP contribution in [-0.4, -0.2) is 15.1 Å². The second-order valence-electron chi connectivity index (χ2n) is 3.72. The summed E-state index contributed by atoms with van der Waals surface area (Å²) in [5, 5.41) is 6.85. The fourth-order valence-electron chi connectivity index (χ4n) is 1.36. The highest BCUT2D eigenvalue weighted by atomic mass is 79.9. The van der Waals surface area contributed by atoms with Gasteiger partial charge in [-0.05, 0) is 43.4 Å². The van der Waals surface area contributed by atoms with Crippen LogP contribution in [0.1, 0.15) is 5.69 Å². The molecule has 1 heterocycles. The predicted octanol–water partition coefficient (Wildman–Crippen LogP) is 4.01. The lowest BCUT2D eigenvalue weighted by atomic mass is 10.3. The van der Waals surface area contributed by atoms with Crippen molar-refractivity contribution >= 4 is 56.5 Å². The third kappa shape index (κ3) is 4.12. The Morgan fingerprint density at radius 1 is 1.32 bits per heavy atom. The topological polar surface area (TPSA) is 49.8 Å². The van der Waals surface area contributed by atoms with Gasteiger partial charge in [0.15, 0.2) is 5.11 Å². The number of hydrogen-bond donors (Lipinski definition) is 2. The van der Waals surface area contributed by atoms with E-state index in [0.717, 1.165) is 15.9 Å². The van der Waals surface area contributed by atoms with Gasteiger partial charge in [0.1, 0.15) is 0 Å². The highest BCUT2D eigenvalue weighted by molar-refractivity contribution is 9.10. The maximum absolute atomic E-state index is 6.09. The molecule has 4 nitrogen and oxygen atoms in total. The molecule has 0 bridgehead atoms. The largest absolute Gasteiger partial charge is 0.331 e. The van der Waals surface area contributed by atoms with Crippen molar-refractivity contribution in [2.45, 2.75) is 6.92 Å². The highest BCUT2D eigenvalue weighted by Crippen LogP contribution is 2.25. The minimum absolute atomic E-state index is 0.384. The minimum Gasteiger partial charge on any atom is -0.331 e. The van der Waals surface area contributed by atoms with Gasteiger partial charge in [0.05, 0.1) is 10.7 Å². The smallest absolute Gasteiger partial charge is 0.229 e. The van der Waals surface area contributed by atoms with Gasteiger partial charge >= 0.3 is 0 Å². The van der Waals surface area contributed by atoms with Gasteiger partial charge in [-0.2, -0.15) is 0 Å². The first kappa shape index (κ1) is 14.2. The molecule has 2 rings (SSSR count). The summed E-state index contributed by atoms with van der Waals surface area (Å²) in [5.74, 6) is 0.450. The molecule has 2 aromatic rings. The number of thiocarbonyl (C=S) groups is 1. The van der Waals surface area contributed by atoms with E-state index in [9.17, 15) is 0 Å². The van der Waals surface area contributed by atoms with E-state index in [1.807, 2.05) is 25.1 Å². The molecule has 0 atom stereocenters. The summed E-state index contributed by atoms with van der Waals surface area (Å²) in [6.45, 7) is 1.88. The number of anilines is 2. The Morgan fingerprint density at radius 2 is 2.11 bits per heavy atom. The van der Waals surface area contributed by atoms with Crippen LogP contribution in [0.25, 0.3) is 0 Å². The first-order valence-corrected chi connectivity index (χ1v) is 6.95. The van der Waals surface area contributed by atoms with E-state index in [2.05, 4.69) is 36.5 Å². The summed E-state index contributed by atoms with van der Waals surface area (Å²) in [6, 6.07) is 7.31. The first-order chi connectivity index (χ1) is 9.04. The van der Waals surface area contributed by atoms with Crippen molar-refractivity contribution in [2.75, 3.05) is 10.6 Å². The van der Waals surface area contributed by atoms with Crippen molar-refractivity contribution < 1.29 is 0 Å². The predicted molar refractivity (Wildman–Crippen MR) is 85.8 cm³/mol. The second kappa shape index (κ2) is 6.27. The molecular weight excluding hydrogens is 348 g/mol. The Morgan fingerprint density at radius 3 is 2.79 bits per heavy atom. The maximum Gasteiger partial charge on any atom is 0.229 e. The molecule has 1 aromatic heterocycles. The van der Waals surface area contributed by atoms with Gasteiger partial charge in [-0.25, -0.2) is 9.97 Å². The molecule has 0 aliphatic carbocycles. The lowest BCUT2D eigenvalue weighted by Crippen LogP contribution is -2.20. The summed E-state index contributed by atoms with van der Waals surface area (Å²) in [7, 11) is 0. The van der Waals surface area contributed by atoms with Crippen LogP contribution in [0.3, 0.4) is 0 Å². The van der Waals surface area contributed by atoms with Crippen LogP contribution in [0, 0.1) is 6.92 Å². The van der Waals surface area contributed by atoms with Crippen LogP contribution in [0.2, 0.25) is 5.02 Å². The van der Waals surface area contributed by atoms with Gasteiger partial charge in [0.2, 0.25) is 5.95 Å². The van der Waals surface area contributed by atoms with Crippen molar-refractivity contribution in [3.8, 4) is 0 Å². The molecule has 19 heavy (non-hydrogen) atoms. The fraction of sp³-hybridized carbons (Fsp3) is 0.0833. The van der Waals surface area contributed by atoms with Gasteiger partial charge in [0.25, 0.3) is 0 Å². The Hall–Kier alpha value is -1.24. The molecular formula is C12H10BrClN4S. The number of aryl methyl sites for hydroxylation is 1. The van der Waals surface area contributed by atoms with Gasteiger partial charge < -0.3 is 10.6 Å². The molecule has 0 spiro atoms. The van der Waals surface area contributed by atoms with Crippen LogP contribution in [0.5, 0.6) is 0 Å². The van der Waals surface area contributed by atoms with Crippen LogP contribution in [-0.2, 0) is 0 Å². The monoisotopic (exact) mass is 356 g/mol. The Balaban J connectivity index is 2.05. The van der Waals surface area contributed by atoms with E-state index in [4.69, 9.17) is 23.8 Å². The molecule has 1 aromatic carbocycles. The fourth-order valence-corrected chi connectivity index (χ4v) is 2.28. The lowest BCUT2D eigenvalue weighted by molar-refractivity contribution is 1.11. The number of nitrogens with one attached hydrogen (secondary N) is 2. The Kier molecular flexibility index (Phi) is 4.68. The van der Waals surface area contributed by atoms with Crippen molar-refractivity contribution in [3.63, 3.8) is 0 Å². The molecule has 7 heteroatoms. The number of hydrogen-bond acceptors (Lipinski definition) is 3. The van der Waals surface area contributed by atoms with Gasteiger partial charge in [-0.15, -0.1) is 0 Å².